The van der Waals surface area contributed by atoms with E-state index >= 15 is 0 Å². The molecule has 7 rings (SSSR count). The average molecular weight is 607 g/mol. The van der Waals surface area contributed by atoms with E-state index in [0.29, 0.717) is 42.4 Å². The summed E-state index contributed by atoms with van der Waals surface area (Å²) in [5.74, 6) is 0.381. The molecule has 2 aromatic carbocycles. The number of piperidine rings is 2. The fourth-order valence-corrected chi connectivity index (χ4v) is 9.37. The predicted octanol–water partition coefficient (Wildman–Crippen LogP) is 3.53. The van der Waals surface area contributed by atoms with Gasteiger partial charge in [-0.05, 0) is 49.2 Å². The van der Waals surface area contributed by atoms with E-state index in [2.05, 4.69) is 15.9 Å². The van der Waals surface area contributed by atoms with Gasteiger partial charge in [-0.3, -0.25) is 9.69 Å². The number of likely N-dealkylation sites (N-methyl/N-ethyl adjacent to an activating group) is 1. The normalized spacial score (nSPS) is 33.2. The lowest BCUT2D eigenvalue weighted by atomic mass is 9.42. The Bertz CT molecular complexity index is 1570. The number of esters is 2. The summed E-state index contributed by atoms with van der Waals surface area (Å²) < 4.78 is 41.1. The Morgan fingerprint density at radius 3 is 2.36 bits per heavy atom. The number of hydrogen-bond acceptors (Lipinski definition) is 11. The van der Waals surface area contributed by atoms with E-state index in [1.807, 2.05) is 32.2 Å². The van der Waals surface area contributed by atoms with Gasteiger partial charge < -0.3 is 38.1 Å². The number of anilines is 1. The van der Waals surface area contributed by atoms with Crippen LogP contribution >= 0.6 is 0 Å². The molecule has 6 atom stereocenters. The van der Waals surface area contributed by atoms with Crippen molar-refractivity contribution in [3.05, 3.63) is 53.1 Å². The van der Waals surface area contributed by atoms with Crippen molar-refractivity contribution in [1.29, 1.82) is 0 Å². The molecule has 3 saturated heterocycles. The summed E-state index contributed by atoms with van der Waals surface area (Å²) in [4.78, 5) is 33.1. The summed E-state index contributed by atoms with van der Waals surface area (Å²) in [6.07, 6.45) is 3.07. The van der Waals surface area contributed by atoms with Gasteiger partial charge in [-0.15, -0.1) is 0 Å². The minimum Gasteiger partial charge on any atom is -0.497 e. The number of methoxy groups -OCH3 is 5. The molecule has 11 heteroatoms. The summed E-state index contributed by atoms with van der Waals surface area (Å²) >= 11 is 0. The fourth-order valence-electron chi connectivity index (χ4n) is 9.37. The van der Waals surface area contributed by atoms with Gasteiger partial charge in [0.2, 0.25) is 5.75 Å². The lowest BCUT2D eigenvalue weighted by molar-refractivity contribution is -0.194. The third-order valence-electron chi connectivity index (χ3n) is 11.0. The largest absolute Gasteiger partial charge is 0.497 e. The Hall–Kier alpha value is -3.96. The highest BCUT2D eigenvalue weighted by atomic mass is 16.6. The molecule has 1 saturated carbocycles. The van der Waals surface area contributed by atoms with Crippen molar-refractivity contribution in [3.8, 4) is 23.0 Å². The highest BCUT2D eigenvalue weighted by Gasteiger charge is 2.88. The summed E-state index contributed by atoms with van der Waals surface area (Å²) in [7, 11) is 9.54. The zero-order chi connectivity index (χ0) is 31.2. The molecule has 1 aliphatic carbocycles. The van der Waals surface area contributed by atoms with Crippen molar-refractivity contribution in [2.45, 2.75) is 43.2 Å². The Labute approximate surface area is 256 Å². The van der Waals surface area contributed by atoms with Crippen molar-refractivity contribution >= 4 is 17.6 Å². The van der Waals surface area contributed by atoms with Crippen LogP contribution in [-0.2, 0) is 24.4 Å². The maximum Gasteiger partial charge on any atom is 0.338 e. The van der Waals surface area contributed by atoms with Crippen LogP contribution in [0, 0.1) is 11.3 Å². The van der Waals surface area contributed by atoms with Crippen LogP contribution in [0.5, 0.6) is 23.0 Å². The standard InChI is InChI=1S/C33H38N2O9/c1-8-18-16-35-26-14-21(18)31(30(37)42-7,17-43-29(36)19-11-24(39-4)28(41-6)25(12-19)40-5)32-15-27(35)44-33(26,32)34(2)23-10-9-20(38-3)13-22(23)32/h8-13,21,26-27H,14-17H2,1-7H3/b18-8-/t21-,26-,27-,31-,32-,33-/m0/s1. The molecule has 0 amide bonds. The van der Waals surface area contributed by atoms with Crippen LogP contribution in [0.2, 0.25) is 0 Å². The van der Waals surface area contributed by atoms with E-state index in [1.54, 1.807) is 19.2 Å². The van der Waals surface area contributed by atoms with Gasteiger partial charge in [0, 0.05) is 31.6 Å². The van der Waals surface area contributed by atoms with Crippen molar-refractivity contribution in [2.75, 3.05) is 60.6 Å². The van der Waals surface area contributed by atoms with E-state index in [0.717, 1.165) is 16.8 Å². The lowest BCUT2D eigenvalue weighted by Crippen LogP contribution is -2.80. The second-order valence-corrected chi connectivity index (χ2v) is 12.1. The number of ether oxygens (including phenoxy) is 7. The van der Waals surface area contributed by atoms with E-state index in [-0.39, 0.29) is 30.4 Å². The van der Waals surface area contributed by atoms with Gasteiger partial charge in [-0.2, -0.15) is 0 Å². The van der Waals surface area contributed by atoms with Gasteiger partial charge in [0.1, 0.15) is 24.0 Å². The Morgan fingerprint density at radius 2 is 1.75 bits per heavy atom. The minimum absolute atomic E-state index is 0.0296. The van der Waals surface area contributed by atoms with Crippen LogP contribution < -0.4 is 23.8 Å². The predicted molar refractivity (Wildman–Crippen MR) is 158 cm³/mol. The molecule has 1 spiro atoms. The van der Waals surface area contributed by atoms with Crippen LogP contribution in [0.1, 0.15) is 35.7 Å². The highest BCUT2D eigenvalue weighted by molar-refractivity contribution is 5.92. The molecule has 234 valence electrons. The van der Waals surface area contributed by atoms with Gasteiger partial charge in [-0.25, -0.2) is 4.79 Å². The maximum atomic E-state index is 14.6. The first kappa shape index (κ1) is 28.8. The Morgan fingerprint density at radius 1 is 1.02 bits per heavy atom. The Kier molecular flexibility index (Phi) is 6.39. The molecule has 4 aliphatic heterocycles. The summed E-state index contributed by atoms with van der Waals surface area (Å²) in [6.45, 7) is 2.45. The average Bonchev–Trinajstić information content (AvgIpc) is 3.67. The molecule has 2 aromatic rings. The summed E-state index contributed by atoms with van der Waals surface area (Å²) in [5.41, 5.74) is 0.158. The zero-order valence-electron chi connectivity index (χ0n) is 26.1. The molecule has 0 radical (unpaired) electrons. The molecular formula is C33H38N2O9. The van der Waals surface area contributed by atoms with Crippen LogP contribution in [0.15, 0.2) is 42.0 Å². The number of carbonyl (C=O) groups is 2. The number of hydrogen-bond donors (Lipinski definition) is 0. The molecule has 0 aromatic heterocycles. The van der Waals surface area contributed by atoms with Gasteiger partial charge in [0.05, 0.1) is 52.6 Å². The minimum atomic E-state index is -1.30. The molecule has 0 N–H and O–H groups in total. The molecule has 4 heterocycles. The molecule has 44 heavy (non-hydrogen) atoms. The van der Waals surface area contributed by atoms with Gasteiger partial charge in [-0.1, -0.05) is 11.6 Å². The summed E-state index contributed by atoms with van der Waals surface area (Å²) in [6, 6.07) is 9.10. The van der Waals surface area contributed by atoms with Crippen LogP contribution in [0.25, 0.3) is 0 Å². The van der Waals surface area contributed by atoms with Crippen molar-refractivity contribution in [1.82, 2.24) is 4.90 Å². The van der Waals surface area contributed by atoms with E-state index in [9.17, 15) is 9.59 Å². The Balaban J connectivity index is 1.42. The van der Waals surface area contributed by atoms with Crippen LogP contribution in [-0.4, -0.2) is 90.6 Å². The molecule has 5 aliphatic rings. The van der Waals surface area contributed by atoms with Gasteiger partial charge >= 0.3 is 11.9 Å². The molecule has 4 fully saturated rings. The monoisotopic (exact) mass is 606 g/mol. The highest BCUT2D eigenvalue weighted by Crippen LogP contribution is 2.78. The van der Waals surface area contributed by atoms with Gasteiger partial charge in [0.25, 0.3) is 0 Å². The maximum absolute atomic E-state index is 14.6. The first-order valence-corrected chi connectivity index (χ1v) is 14.8. The number of benzene rings is 2. The fraction of sp³-hybridized carbons (Fsp3) is 0.515. The second-order valence-electron chi connectivity index (χ2n) is 12.1. The van der Waals surface area contributed by atoms with Crippen LogP contribution in [0.4, 0.5) is 5.69 Å². The number of nitrogens with zero attached hydrogens (tertiary/aromatic N) is 2. The molecule has 11 nitrogen and oxygen atoms in total. The molecule has 4 bridgehead atoms. The second kappa shape index (κ2) is 9.77. The zero-order valence-corrected chi connectivity index (χ0v) is 26.1. The number of rotatable bonds is 8. The first-order chi connectivity index (χ1) is 21.2. The number of carbonyl (C=O) groups excluding carboxylic acids is 2. The van der Waals surface area contributed by atoms with Crippen molar-refractivity contribution in [2.24, 2.45) is 11.3 Å². The van der Waals surface area contributed by atoms with E-state index < -0.39 is 28.5 Å². The van der Waals surface area contributed by atoms with Crippen molar-refractivity contribution < 1.29 is 42.7 Å². The SMILES string of the molecule is C/C=C1/CN2[C@@H]3C[C@@]45c6cc(OC)ccc6N(C)[C@]4(O3)[C@@H]2C[C@@H]1[C@@]5(COC(=O)c1cc(OC)c(OC)c(OC)c1)C(=O)OC. The van der Waals surface area contributed by atoms with Crippen LogP contribution in [0.3, 0.4) is 0 Å². The van der Waals surface area contributed by atoms with E-state index in [1.165, 1.54) is 28.4 Å². The third kappa shape index (κ3) is 3.13. The third-order valence-corrected chi connectivity index (χ3v) is 11.0. The number of allylic oxidation sites excluding steroid dienone is 1. The number of fused-ring (bicyclic) bond motifs is 4. The van der Waals surface area contributed by atoms with Crippen molar-refractivity contribution in [3.63, 3.8) is 0 Å². The first-order valence-electron chi connectivity index (χ1n) is 14.8. The lowest BCUT2D eigenvalue weighted by Gasteiger charge is -2.65. The molecule has 0 unspecified atom stereocenters. The molecular weight excluding hydrogens is 568 g/mol. The quantitative estimate of drug-likeness (QED) is 0.326. The van der Waals surface area contributed by atoms with E-state index in [4.69, 9.17) is 33.2 Å². The van der Waals surface area contributed by atoms with Gasteiger partial charge in [0.15, 0.2) is 17.2 Å². The summed E-state index contributed by atoms with van der Waals surface area (Å²) in [5, 5.41) is 0. The smallest absolute Gasteiger partial charge is 0.338 e. The topological polar surface area (TPSA) is 105 Å².